The lowest BCUT2D eigenvalue weighted by molar-refractivity contribution is -0.384. The van der Waals surface area contributed by atoms with Crippen LogP contribution in [0.15, 0.2) is 73.2 Å². The van der Waals surface area contributed by atoms with Crippen LogP contribution in [0.4, 0.5) is 5.69 Å². The summed E-state index contributed by atoms with van der Waals surface area (Å²) in [5.41, 5.74) is 4.27. The lowest BCUT2D eigenvalue weighted by atomic mass is 9.95. The van der Waals surface area contributed by atoms with Crippen molar-refractivity contribution in [3.8, 4) is 11.4 Å². The number of H-pyrrole nitrogens is 1. The Bertz CT molecular complexity index is 1530. The van der Waals surface area contributed by atoms with Crippen LogP contribution >= 0.6 is 0 Å². The molecule has 9 heteroatoms. The minimum atomic E-state index is -0.464. The van der Waals surface area contributed by atoms with Gasteiger partial charge in [0, 0.05) is 60.0 Å². The Morgan fingerprint density at radius 1 is 1.09 bits per heavy atom. The molecule has 1 fully saturated rings. The fourth-order valence-electron chi connectivity index (χ4n) is 4.90. The highest BCUT2D eigenvalue weighted by atomic mass is 16.6. The molecule has 5 aromatic rings. The lowest BCUT2D eigenvalue weighted by Gasteiger charge is -2.31. The first-order chi connectivity index (χ1) is 17.1. The summed E-state index contributed by atoms with van der Waals surface area (Å²) in [4.78, 5) is 38.0. The van der Waals surface area contributed by atoms with Crippen molar-refractivity contribution in [3.05, 3.63) is 94.7 Å². The number of piperidine rings is 1. The van der Waals surface area contributed by atoms with Crippen LogP contribution in [0.1, 0.15) is 34.9 Å². The van der Waals surface area contributed by atoms with Crippen LogP contribution in [-0.2, 0) is 0 Å². The molecule has 1 N–H and O–H groups in total. The fourth-order valence-corrected chi connectivity index (χ4v) is 4.90. The number of rotatable bonds is 4. The van der Waals surface area contributed by atoms with E-state index < -0.39 is 4.92 Å². The molecule has 0 spiro atoms. The SMILES string of the molecule is O=C(c1ccc([N+](=O)[O-])cc1)N1CCC(c2nc(-c3cc4ccccc4[nH]3)c3cnccn23)CC1. The predicted octanol–water partition coefficient (Wildman–Crippen LogP) is 4.81. The highest BCUT2D eigenvalue weighted by molar-refractivity contribution is 5.94. The topological polar surface area (TPSA) is 109 Å². The zero-order valence-electron chi connectivity index (χ0n) is 18.8. The van der Waals surface area contributed by atoms with Gasteiger partial charge in [0.25, 0.3) is 11.6 Å². The molecule has 0 bridgehead atoms. The number of nitrogens with zero attached hydrogens (tertiary/aromatic N) is 5. The lowest BCUT2D eigenvalue weighted by Crippen LogP contribution is -2.38. The van der Waals surface area contributed by atoms with Crippen molar-refractivity contribution in [1.82, 2.24) is 24.3 Å². The predicted molar refractivity (Wildman–Crippen MR) is 131 cm³/mol. The van der Waals surface area contributed by atoms with Gasteiger partial charge in [-0.1, -0.05) is 18.2 Å². The Labute approximate surface area is 200 Å². The molecule has 4 heterocycles. The highest BCUT2D eigenvalue weighted by Gasteiger charge is 2.28. The number of hydrogen-bond donors (Lipinski definition) is 1. The number of carbonyl (C=O) groups is 1. The van der Waals surface area contributed by atoms with Crippen LogP contribution in [0, 0.1) is 10.1 Å². The van der Waals surface area contributed by atoms with Gasteiger partial charge in [0.2, 0.25) is 0 Å². The maximum atomic E-state index is 12.9. The van der Waals surface area contributed by atoms with E-state index in [-0.39, 0.29) is 17.5 Å². The van der Waals surface area contributed by atoms with E-state index in [1.807, 2.05) is 35.5 Å². The van der Waals surface area contributed by atoms with Crippen molar-refractivity contribution in [3.63, 3.8) is 0 Å². The molecule has 2 aromatic carbocycles. The number of likely N-dealkylation sites (tertiary alicyclic amines) is 1. The largest absolute Gasteiger partial charge is 0.353 e. The van der Waals surface area contributed by atoms with Gasteiger partial charge in [0.1, 0.15) is 11.5 Å². The summed E-state index contributed by atoms with van der Waals surface area (Å²) in [7, 11) is 0. The Hall–Kier alpha value is -4.53. The maximum Gasteiger partial charge on any atom is 0.269 e. The van der Waals surface area contributed by atoms with Crippen LogP contribution in [0.25, 0.3) is 27.8 Å². The van der Waals surface area contributed by atoms with E-state index in [1.54, 1.807) is 6.20 Å². The van der Waals surface area contributed by atoms with E-state index in [4.69, 9.17) is 4.98 Å². The van der Waals surface area contributed by atoms with Crippen molar-refractivity contribution in [2.75, 3.05) is 13.1 Å². The summed E-state index contributed by atoms with van der Waals surface area (Å²) in [6.45, 7) is 1.20. The van der Waals surface area contributed by atoms with Gasteiger partial charge in [-0.2, -0.15) is 0 Å². The van der Waals surface area contributed by atoms with Crippen molar-refractivity contribution in [2.24, 2.45) is 0 Å². The van der Waals surface area contributed by atoms with Crippen molar-refractivity contribution in [1.29, 1.82) is 0 Å². The van der Waals surface area contributed by atoms with Crippen LogP contribution in [-0.4, -0.2) is 48.2 Å². The van der Waals surface area contributed by atoms with Crippen LogP contribution in [0.5, 0.6) is 0 Å². The first-order valence-corrected chi connectivity index (χ1v) is 11.5. The van der Waals surface area contributed by atoms with E-state index in [9.17, 15) is 14.9 Å². The first kappa shape index (κ1) is 21.0. The zero-order chi connectivity index (χ0) is 23.9. The second kappa shape index (κ2) is 8.35. The summed E-state index contributed by atoms with van der Waals surface area (Å²) in [6, 6.07) is 16.0. The number of carbonyl (C=O) groups excluding carboxylic acids is 1. The molecular weight excluding hydrogens is 444 g/mol. The molecule has 0 unspecified atom stereocenters. The number of nitro groups is 1. The normalized spacial score (nSPS) is 14.6. The Morgan fingerprint density at radius 2 is 1.86 bits per heavy atom. The third-order valence-corrected chi connectivity index (χ3v) is 6.73. The number of fused-ring (bicyclic) bond motifs is 2. The smallest absolute Gasteiger partial charge is 0.269 e. The maximum absolute atomic E-state index is 12.9. The first-order valence-electron chi connectivity index (χ1n) is 11.5. The summed E-state index contributed by atoms with van der Waals surface area (Å²) < 4.78 is 2.10. The second-order valence-electron chi connectivity index (χ2n) is 8.79. The molecule has 0 atom stereocenters. The Kier molecular flexibility index (Phi) is 5.02. The minimum Gasteiger partial charge on any atom is -0.353 e. The number of para-hydroxylation sites is 1. The number of aromatic amines is 1. The molecule has 0 saturated carbocycles. The van der Waals surface area contributed by atoms with Crippen molar-refractivity contribution in [2.45, 2.75) is 18.8 Å². The van der Waals surface area contributed by atoms with E-state index in [2.05, 4.69) is 26.5 Å². The number of aromatic nitrogens is 4. The molecule has 9 nitrogen and oxygen atoms in total. The number of nitrogens with one attached hydrogen (secondary N) is 1. The van der Waals surface area contributed by atoms with Gasteiger partial charge in [-0.3, -0.25) is 24.3 Å². The van der Waals surface area contributed by atoms with Gasteiger partial charge in [0.15, 0.2) is 0 Å². The van der Waals surface area contributed by atoms with Gasteiger partial charge < -0.3 is 9.88 Å². The molecule has 1 amide bonds. The second-order valence-corrected chi connectivity index (χ2v) is 8.79. The van der Waals surface area contributed by atoms with Crippen LogP contribution in [0.3, 0.4) is 0 Å². The molecule has 0 radical (unpaired) electrons. The number of hydrogen-bond acceptors (Lipinski definition) is 5. The monoisotopic (exact) mass is 466 g/mol. The molecule has 6 rings (SSSR count). The van der Waals surface area contributed by atoms with Gasteiger partial charge in [-0.25, -0.2) is 4.98 Å². The van der Waals surface area contributed by atoms with Gasteiger partial charge in [-0.15, -0.1) is 0 Å². The summed E-state index contributed by atoms with van der Waals surface area (Å²) in [5.74, 6) is 1.07. The molecule has 35 heavy (non-hydrogen) atoms. The number of imidazole rings is 1. The van der Waals surface area contributed by atoms with Crippen molar-refractivity contribution >= 4 is 28.0 Å². The van der Waals surface area contributed by atoms with Crippen LogP contribution < -0.4 is 0 Å². The average molecular weight is 467 g/mol. The Balaban J connectivity index is 1.25. The van der Waals surface area contributed by atoms with Gasteiger partial charge in [-0.05, 0) is 37.1 Å². The van der Waals surface area contributed by atoms with Gasteiger partial charge in [0.05, 0.1) is 22.3 Å². The molecule has 1 saturated heterocycles. The van der Waals surface area contributed by atoms with E-state index in [1.165, 1.54) is 24.3 Å². The van der Waals surface area contributed by atoms with Crippen molar-refractivity contribution < 1.29 is 9.72 Å². The summed E-state index contributed by atoms with van der Waals surface area (Å²) >= 11 is 0. The third-order valence-electron chi connectivity index (χ3n) is 6.73. The van der Waals surface area contributed by atoms with Gasteiger partial charge >= 0.3 is 0 Å². The molecule has 1 aliphatic heterocycles. The van der Waals surface area contributed by atoms with E-state index in [0.717, 1.165) is 46.5 Å². The summed E-state index contributed by atoms with van der Waals surface area (Å²) in [6.07, 6.45) is 7.11. The molecule has 174 valence electrons. The molecule has 1 aliphatic rings. The number of amides is 1. The zero-order valence-corrected chi connectivity index (χ0v) is 18.8. The molecular formula is C26H22N6O3. The van der Waals surface area contributed by atoms with E-state index >= 15 is 0 Å². The highest BCUT2D eigenvalue weighted by Crippen LogP contribution is 2.33. The standard InChI is InChI=1S/C26H22N6O3/c33-26(18-5-7-20(8-6-18)32(34)35)30-12-9-17(10-13-30)25-29-24(23-16-27-11-14-31(23)25)22-15-19-3-1-2-4-21(19)28-22/h1-8,11,14-17,28H,9-10,12-13H2. The Morgan fingerprint density at radius 3 is 2.60 bits per heavy atom. The third kappa shape index (κ3) is 3.71. The molecule has 3 aromatic heterocycles. The number of non-ortho nitro benzene ring substituents is 1. The quantitative estimate of drug-likeness (QED) is 0.302. The number of nitro benzene ring substituents is 1. The van der Waals surface area contributed by atoms with E-state index in [0.29, 0.717) is 18.7 Å². The molecule has 0 aliphatic carbocycles. The van der Waals surface area contributed by atoms with Crippen LogP contribution in [0.2, 0.25) is 0 Å². The minimum absolute atomic E-state index is 0.0216. The number of benzene rings is 2. The average Bonchev–Trinajstić information content (AvgIpc) is 3.50. The summed E-state index contributed by atoms with van der Waals surface area (Å²) in [5, 5.41) is 12.0. The fraction of sp³-hybridized carbons (Fsp3) is 0.192.